The van der Waals surface area contributed by atoms with Gasteiger partial charge in [-0.2, -0.15) is 5.26 Å². The zero-order chi connectivity index (χ0) is 24.9. The number of hydrogen-bond donors (Lipinski definition) is 0. The Hall–Kier alpha value is -2.80. The van der Waals surface area contributed by atoms with Crippen molar-refractivity contribution in [1.29, 1.82) is 5.26 Å². The van der Waals surface area contributed by atoms with Crippen LogP contribution in [0.25, 0.3) is 11.1 Å². The van der Waals surface area contributed by atoms with Gasteiger partial charge in [0.05, 0.1) is 23.7 Å². The first kappa shape index (κ1) is 26.8. The Morgan fingerprint density at radius 3 is 2.09 bits per heavy atom. The molecule has 1 saturated carbocycles. The van der Waals surface area contributed by atoms with E-state index >= 15 is 0 Å². The molecule has 4 nitrogen and oxygen atoms in total. The van der Waals surface area contributed by atoms with Gasteiger partial charge in [0.25, 0.3) is 0 Å². The lowest BCUT2D eigenvalue weighted by Crippen LogP contribution is -2.31. The Morgan fingerprint density at radius 2 is 1.49 bits per heavy atom. The quantitative estimate of drug-likeness (QED) is 0.215. The number of carbonyl (C=O) groups is 1. The average molecular weight is 476 g/mol. The van der Waals surface area contributed by atoms with Crippen molar-refractivity contribution >= 4 is 5.97 Å². The largest absolute Gasteiger partial charge is 0.494 e. The van der Waals surface area contributed by atoms with Gasteiger partial charge >= 0.3 is 5.97 Å². The summed E-state index contributed by atoms with van der Waals surface area (Å²) in [5.74, 6) is 0.608. The normalized spacial score (nSPS) is 19.6. The second-order valence-corrected chi connectivity index (χ2v) is 9.96. The molecule has 4 heteroatoms. The number of ether oxygens (including phenoxy) is 2. The maximum Gasteiger partial charge on any atom is 0.338 e. The van der Waals surface area contributed by atoms with E-state index in [0.717, 1.165) is 74.8 Å². The number of carbonyl (C=O) groups excluding carboxylic acids is 1. The third-order valence-corrected chi connectivity index (χ3v) is 7.23. The van der Waals surface area contributed by atoms with E-state index in [1.165, 1.54) is 25.7 Å². The van der Waals surface area contributed by atoms with Gasteiger partial charge in [0.15, 0.2) is 0 Å². The molecule has 0 unspecified atom stereocenters. The number of benzene rings is 2. The van der Waals surface area contributed by atoms with Crippen LogP contribution < -0.4 is 4.74 Å². The predicted octanol–water partition coefficient (Wildman–Crippen LogP) is 8.50. The van der Waals surface area contributed by atoms with Gasteiger partial charge in [-0.15, -0.1) is 0 Å². The maximum absolute atomic E-state index is 12.7. The summed E-state index contributed by atoms with van der Waals surface area (Å²) in [4.78, 5) is 12.7. The van der Waals surface area contributed by atoms with E-state index in [9.17, 15) is 10.1 Å². The molecule has 0 amide bonds. The molecule has 1 aliphatic rings. The summed E-state index contributed by atoms with van der Waals surface area (Å²) < 4.78 is 11.6. The molecule has 3 rings (SSSR count). The minimum Gasteiger partial charge on any atom is -0.494 e. The van der Waals surface area contributed by atoms with Gasteiger partial charge in [0.2, 0.25) is 0 Å². The first-order valence-corrected chi connectivity index (χ1v) is 13.5. The lowest BCUT2D eigenvalue weighted by molar-refractivity contribution is 0.0105. The zero-order valence-corrected chi connectivity index (χ0v) is 21.6. The van der Waals surface area contributed by atoms with E-state index < -0.39 is 0 Å². The minimum absolute atomic E-state index is 0.0935. The van der Waals surface area contributed by atoms with E-state index in [1.807, 2.05) is 48.5 Å². The number of nitrogens with zero attached hydrogens (tertiary/aromatic N) is 1. The van der Waals surface area contributed by atoms with Crippen LogP contribution in [0.4, 0.5) is 0 Å². The zero-order valence-electron chi connectivity index (χ0n) is 21.6. The average Bonchev–Trinajstić information content (AvgIpc) is 2.90. The molecule has 1 fully saturated rings. The van der Waals surface area contributed by atoms with E-state index in [1.54, 1.807) is 0 Å². The molecule has 0 radical (unpaired) electrons. The number of nitriles is 1. The summed E-state index contributed by atoms with van der Waals surface area (Å²) in [6, 6.07) is 18.3. The van der Waals surface area contributed by atoms with Crippen LogP contribution in [0.1, 0.15) is 101 Å². The number of hydrogen-bond acceptors (Lipinski definition) is 4. The molecule has 35 heavy (non-hydrogen) atoms. The first-order chi connectivity index (χ1) is 17.1. The molecule has 2 aromatic rings. The minimum atomic E-state index is -0.273. The highest BCUT2D eigenvalue weighted by molar-refractivity contribution is 5.90. The van der Waals surface area contributed by atoms with E-state index in [0.29, 0.717) is 5.56 Å². The van der Waals surface area contributed by atoms with Gasteiger partial charge in [-0.3, -0.25) is 0 Å². The SMILES string of the molecule is CCCCCCCC1(C#N)CCC(OC(=O)c2ccc(-c3ccc(OCCCC)cc3)cc2)CC1. The summed E-state index contributed by atoms with van der Waals surface area (Å²) in [7, 11) is 0. The van der Waals surface area contributed by atoms with E-state index in [4.69, 9.17) is 9.47 Å². The predicted molar refractivity (Wildman–Crippen MR) is 141 cm³/mol. The Morgan fingerprint density at radius 1 is 0.886 bits per heavy atom. The highest BCUT2D eigenvalue weighted by Crippen LogP contribution is 2.41. The summed E-state index contributed by atoms with van der Waals surface area (Å²) >= 11 is 0. The maximum atomic E-state index is 12.7. The summed E-state index contributed by atoms with van der Waals surface area (Å²) in [6.07, 6.45) is 12.4. The molecule has 0 aromatic heterocycles. The first-order valence-electron chi connectivity index (χ1n) is 13.5. The topological polar surface area (TPSA) is 59.3 Å². The fourth-order valence-electron chi connectivity index (χ4n) is 4.84. The van der Waals surface area contributed by atoms with Gasteiger partial charge in [0.1, 0.15) is 11.9 Å². The van der Waals surface area contributed by atoms with Crippen LogP contribution in [-0.2, 0) is 4.74 Å². The lowest BCUT2D eigenvalue weighted by atomic mass is 9.71. The van der Waals surface area contributed by atoms with Crippen LogP contribution in [0.15, 0.2) is 48.5 Å². The highest BCUT2D eigenvalue weighted by atomic mass is 16.5. The van der Waals surface area contributed by atoms with Crippen molar-refractivity contribution in [3.8, 4) is 22.9 Å². The smallest absolute Gasteiger partial charge is 0.338 e. The number of rotatable bonds is 13. The molecule has 0 saturated heterocycles. The molecule has 0 spiro atoms. The second kappa shape index (κ2) is 13.9. The molecule has 1 aliphatic carbocycles. The van der Waals surface area contributed by atoms with Gasteiger partial charge in [0, 0.05) is 0 Å². The van der Waals surface area contributed by atoms with Gasteiger partial charge < -0.3 is 9.47 Å². The van der Waals surface area contributed by atoms with Gasteiger partial charge in [-0.05, 0) is 73.9 Å². The number of esters is 1. The molecular weight excluding hydrogens is 434 g/mol. The molecule has 0 heterocycles. The number of unbranched alkanes of at least 4 members (excludes halogenated alkanes) is 5. The van der Waals surface area contributed by atoms with Crippen molar-refractivity contribution in [1.82, 2.24) is 0 Å². The highest BCUT2D eigenvalue weighted by Gasteiger charge is 2.36. The molecule has 0 bridgehead atoms. The third kappa shape index (κ3) is 8.13. The molecular formula is C31H41NO3. The molecule has 188 valence electrons. The van der Waals surface area contributed by atoms with Crippen molar-refractivity contribution in [2.45, 2.75) is 97.0 Å². The van der Waals surface area contributed by atoms with Crippen LogP contribution in [0, 0.1) is 16.7 Å². The van der Waals surface area contributed by atoms with Crippen LogP contribution in [-0.4, -0.2) is 18.7 Å². The van der Waals surface area contributed by atoms with Gasteiger partial charge in [-0.25, -0.2) is 4.79 Å². The van der Waals surface area contributed by atoms with E-state index in [-0.39, 0.29) is 17.5 Å². The molecule has 0 atom stereocenters. The molecule has 0 N–H and O–H groups in total. The summed E-state index contributed by atoms with van der Waals surface area (Å²) in [5.41, 5.74) is 2.48. The van der Waals surface area contributed by atoms with Crippen molar-refractivity contribution in [3.05, 3.63) is 54.1 Å². The van der Waals surface area contributed by atoms with Crippen LogP contribution in [0.5, 0.6) is 5.75 Å². The Kier molecular flexibility index (Phi) is 10.7. The standard InChI is InChI=1S/C31H41NO3/c1-3-5-7-8-9-20-31(24-32)21-18-29(19-22-31)35-30(33)27-12-10-25(11-13-27)26-14-16-28(17-15-26)34-23-6-4-2/h10-17,29H,3-9,18-23H2,1-2H3. The van der Waals surface area contributed by atoms with Crippen LogP contribution in [0.2, 0.25) is 0 Å². The lowest BCUT2D eigenvalue weighted by Gasteiger charge is -2.34. The molecule has 2 aromatic carbocycles. The van der Waals surface area contributed by atoms with Crippen LogP contribution >= 0.6 is 0 Å². The Labute approximate surface area is 211 Å². The summed E-state index contributed by atoms with van der Waals surface area (Å²) in [5, 5.41) is 9.81. The summed E-state index contributed by atoms with van der Waals surface area (Å²) in [6.45, 7) is 5.11. The molecule has 0 aliphatic heterocycles. The van der Waals surface area contributed by atoms with E-state index in [2.05, 4.69) is 19.9 Å². The second-order valence-electron chi connectivity index (χ2n) is 9.96. The van der Waals surface area contributed by atoms with Crippen molar-refractivity contribution in [2.75, 3.05) is 6.61 Å². The Balaban J connectivity index is 1.47. The van der Waals surface area contributed by atoms with Crippen molar-refractivity contribution in [3.63, 3.8) is 0 Å². The van der Waals surface area contributed by atoms with Crippen molar-refractivity contribution in [2.24, 2.45) is 5.41 Å². The fourth-order valence-corrected chi connectivity index (χ4v) is 4.84. The van der Waals surface area contributed by atoms with Crippen LogP contribution in [0.3, 0.4) is 0 Å². The monoisotopic (exact) mass is 475 g/mol. The Bertz CT molecular complexity index is 935. The van der Waals surface area contributed by atoms with Gasteiger partial charge in [-0.1, -0.05) is 76.6 Å². The fraction of sp³-hybridized carbons (Fsp3) is 0.548. The van der Waals surface area contributed by atoms with Crippen molar-refractivity contribution < 1.29 is 14.3 Å². The third-order valence-electron chi connectivity index (χ3n) is 7.23.